The van der Waals surface area contributed by atoms with E-state index < -0.39 is 0 Å². The van der Waals surface area contributed by atoms with E-state index in [0.29, 0.717) is 0 Å². The number of rotatable bonds is 15. The maximum atomic E-state index is 6.92. The molecule has 12 heterocycles. The second-order valence-electron chi connectivity index (χ2n) is 39.2. The van der Waals surface area contributed by atoms with Gasteiger partial charge in [-0.1, -0.05) is 199 Å². The second-order valence-corrected chi connectivity index (χ2v) is 39.2. The van der Waals surface area contributed by atoms with Crippen molar-refractivity contribution in [2.24, 2.45) is 0 Å². The largest absolute Gasteiger partial charge is 2.00 e. The molecule has 0 saturated carbocycles. The van der Waals surface area contributed by atoms with Crippen molar-refractivity contribution in [1.29, 1.82) is 0 Å². The van der Waals surface area contributed by atoms with Crippen molar-refractivity contribution in [3.63, 3.8) is 0 Å². The molecule has 6 aliphatic rings. The molecule has 21 heteroatoms. The summed E-state index contributed by atoms with van der Waals surface area (Å²) in [5, 5.41) is 2.24. The second kappa shape index (κ2) is 39.7. The van der Waals surface area contributed by atoms with Gasteiger partial charge in [0.25, 0.3) is 0 Å². The van der Waals surface area contributed by atoms with Crippen LogP contribution in [0.5, 0.6) is 69.0 Å². The van der Waals surface area contributed by atoms with Crippen LogP contribution in [-0.4, -0.2) is 63.7 Å². The number of benzene rings is 16. The zero-order chi connectivity index (χ0) is 98.4. The number of hydrogen-bond acceptors (Lipinski definition) is 12. The molecular formula is C128H94B3N9O6Pt3. The Hall–Kier alpha value is -15.3. The SMILES string of the molecule is CCCCc1ccnc(-c2[c-]c3c(cc2)Oc2cc(CC)cc4c2B3c2[c-]c(-c3nc5ccccc5n3-c3c(C)cccc3C)ccc2O4)c1.Cc1cccc(C)c1-n1c(-c2[c-]c3c(cc2)Oc2c(C(C)C)cc(C(C)C)c4c2B3c2[c-]c(-c3ccccn3)ccc2O4)nc2ccccc21.[Pt+2].[Pt+2].[Pt+2].[c-]1c(-c2cc3ccccc3cn2)ccc2c1B1c3[c-]c(-c4nc5ccccc5n4-c4ccccc4)ccc3Oc3cccc(c31)O2. The average molecular weight is 2470 g/mol. The van der Waals surface area contributed by atoms with Gasteiger partial charge in [-0.3, -0.25) is 15.0 Å². The molecule has 0 unspecified atom stereocenters. The van der Waals surface area contributed by atoms with Gasteiger partial charge in [0, 0.05) is 86.5 Å². The van der Waals surface area contributed by atoms with E-state index in [2.05, 4.69) is 312 Å². The van der Waals surface area contributed by atoms with E-state index in [1.807, 2.05) is 140 Å². The van der Waals surface area contributed by atoms with Gasteiger partial charge in [0.15, 0.2) is 0 Å². The molecule has 6 aromatic heterocycles. The van der Waals surface area contributed by atoms with E-state index in [9.17, 15) is 0 Å². The minimum Gasteiger partial charge on any atom is -0.503 e. The zero-order valence-corrected chi connectivity index (χ0v) is 90.1. The molecule has 0 bridgehead atoms. The van der Waals surface area contributed by atoms with Gasteiger partial charge in [0.05, 0.1) is 50.6 Å². The van der Waals surface area contributed by atoms with Gasteiger partial charge in [0.2, 0.25) is 20.1 Å². The minimum absolute atomic E-state index is 0. The van der Waals surface area contributed by atoms with Gasteiger partial charge >= 0.3 is 63.2 Å². The van der Waals surface area contributed by atoms with Crippen LogP contribution < -0.4 is 77.6 Å². The predicted octanol–water partition coefficient (Wildman–Crippen LogP) is 24.8. The molecule has 726 valence electrons. The van der Waals surface area contributed by atoms with Crippen LogP contribution in [0.3, 0.4) is 0 Å². The van der Waals surface area contributed by atoms with Gasteiger partial charge < -0.3 is 57.1 Å². The van der Waals surface area contributed by atoms with Gasteiger partial charge in [-0.05, 0) is 217 Å². The number of imidazole rings is 3. The van der Waals surface area contributed by atoms with Crippen LogP contribution in [0.2, 0.25) is 0 Å². The number of aryl methyl sites for hydroxylation is 6. The molecule has 28 rings (SSSR count). The molecule has 0 fully saturated rings. The van der Waals surface area contributed by atoms with Crippen LogP contribution in [0.4, 0.5) is 0 Å². The fourth-order valence-corrected chi connectivity index (χ4v) is 22.1. The van der Waals surface area contributed by atoms with Crippen molar-refractivity contribution >= 4 is 113 Å². The molecule has 0 saturated heterocycles. The Balaban J connectivity index is 0.000000122. The molecule has 0 aliphatic carbocycles. The Morgan fingerprint density at radius 3 is 1.15 bits per heavy atom. The normalized spacial score (nSPS) is 12.4. The van der Waals surface area contributed by atoms with Crippen molar-refractivity contribution in [2.45, 2.75) is 107 Å². The molecule has 0 spiro atoms. The Labute approximate surface area is 910 Å². The number of unbranched alkanes of at least 4 members (excludes halogenated alkanes) is 1. The minimum atomic E-state index is -0.217. The third-order valence-electron chi connectivity index (χ3n) is 29.2. The number of ether oxygens (including phenoxy) is 6. The average Bonchev–Trinajstić information content (AvgIpc) is 1.64. The van der Waals surface area contributed by atoms with Gasteiger partial charge in [-0.2, -0.15) is 0 Å². The first-order valence-corrected chi connectivity index (χ1v) is 50.4. The summed E-state index contributed by atoms with van der Waals surface area (Å²) in [6.07, 6.45) is 9.88. The van der Waals surface area contributed by atoms with Crippen LogP contribution in [0.25, 0.3) is 129 Å². The van der Waals surface area contributed by atoms with Gasteiger partial charge in [-0.15, -0.1) is 175 Å². The quantitative estimate of drug-likeness (QED) is 0.0711. The summed E-state index contributed by atoms with van der Waals surface area (Å²) in [6, 6.07) is 129. The first-order chi connectivity index (χ1) is 71.6. The molecule has 149 heavy (non-hydrogen) atoms. The fourth-order valence-electron chi connectivity index (χ4n) is 22.1. The molecule has 0 amide bonds. The smallest absolute Gasteiger partial charge is 0.503 e. The fraction of sp³-hybridized carbons (Fsp3) is 0.125. The van der Waals surface area contributed by atoms with Crippen LogP contribution in [0.1, 0.15) is 111 Å². The molecular weight excluding hydrogens is 2380 g/mol. The molecule has 0 atom stereocenters. The summed E-state index contributed by atoms with van der Waals surface area (Å²) in [5.41, 5.74) is 35.6. The number of para-hydroxylation sites is 9. The monoisotopic (exact) mass is 2470 g/mol. The van der Waals surface area contributed by atoms with E-state index in [0.717, 1.165) is 273 Å². The molecule has 0 N–H and O–H groups in total. The van der Waals surface area contributed by atoms with Crippen LogP contribution in [-0.2, 0) is 76.0 Å². The number of pyridine rings is 3. The van der Waals surface area contributed by atoms with Crippen molar-refractivity contribution in [1.82, 2.24) is 43.6 Å². The van der Waals surface area contributed by atoms with E-state index in [4.69, 9.17) is 53.3 Å². The summed E-state index contributed by atoms with van der Waals surface area (Å²) >= 11 is 0. The third kappa shape index (κ3) is 17.0. The third-order valence-corrected chi connectivity index (χ3v) is 29.2. The molecule has 22 aromatic rings. The molecule has 15 nitrogen and oxygen atoms in total. The van der Waals surface area contributed by atoms with Crippen LogP contribution >= 0.6 is 0 Å². The van der Waals surface area contributed by atoms with Gasteiger partial charge in [0.1, 0.15) is 34.5 Å². The van der Waals surface area contributed by atoms with Crippen LogP contribution in [0.15, 0.2) is 328 Å². The number of aromatic nitrogens is 9. The standard InChI is InChI=1S/2C44H36BN3O2.C40H22BN3O2.3Pt/c1-25(2)31-24-32(26(3)4)43-40-42(31)49-38-19-17-29(35-14-9-10-21-46-35)22-33(38)45(40)34-23-30(18-20-39(34)50-43)44-47-36-15-7-8-16-37(36)48(44)41-27(5)12-11-13-28(41)6;1-5-7-13-30-20-21-46-36(22-30)31-16-18-38-33(25-31)45-34-26-32(17-19-39(34)50-41-24-29(6-2)23-40(49-38)42(41)45)44-47-35-14-8-9-15-37(35)48(44)43-27(3)11-10-12-28(43)4;1-2-11-29(12-3-1)44-34-14-7-6-13-32(34)43-40(44)27-18-20-36-31(22-27)41-30-21-26(33-23-25-9-4-5-10-28(25)24-42-33)17-19-35(30)45-37-15-8-16-38(46-36)39(37)41;;;/h7-21,24-26H,1-6H3;8-12,14-24H,5-7,13H2,1-4H3;1-20,23-24H;;;/q3*-2;3*+2. The van der Waals surface area contributed by atoms with E-state index in [1.54, 1.807) is 0 Å². The molecule has 16 aromatic carbocycles. The Morgan fingerprint density at radius 1 is 0.302 bits per heavy atom. The Bertz CT molecular complexity index is 9030. The summed E-state index contributed by atoms with van der Waals surface area (Å²) < 4.78 is 46.9. The van der Waals surface area contributed by atoms with E-state index in [-0.39, 0.29) is 95.2 Å². The van der Waals surface area contributed by atoms with Crippen LogP contribution in [0, 0.1) is 64.1 Å². The topological polar surface area (TPSA) is 148 Å². The maximum Gasteiger partial charge on any atom is 2.00 e. The first-order valence-electron chi connectivity index (χ1n) is 50.4. The van der Waals surface area contributed by atoms with Crippen molar-refractivity contribution in [2.75, 3.05) is 0 Å². The van der Waals surface area contributed by atoms with Crippen molar-refractivity contribution < 1.29 is 91.6 Å². The predicted molar refractivity (Wildman–Crippen MR) is 588 cm³/mol. The molecule has 6 aliphatic heterocycles. The Kier molecular flexibility index (Phi) is 25.9. The first kappa shape index (κ1) is 97.1. The van der Waals surface area contributed by atoms with E-state index >= 15 is 0 Å². The number of nitrogens with zero attached hydrogens (tertiary/aromatic N) is 9. The number of hydrogen-bond donors (Lipinski definition) is 0. The van der Waals surface area contributed by atoms with Gasteiger partial charge in [-0.25, -0.2) is 0 Å². The zero-order valence-electron chi connectivity index (χ0n) is 83.3. The number of fused-ring (bicyclic) bond motifs is 16. The summed E-state index contributed by atoms with van der Waals surface area (Å²) in [7, 11) is 0. The maximum absolute atomic E-state index is 6.92. The Morgan fingerprint density at radius 2 is 0.685 bits per heavy atom. The van der Waals surface area contributed by atoms with Crippen molar-refractivity contribution in [3.8, 4) is 154 Å². The summed E-state index contributed by atoms with van der Waals surface area (Å²) in [4.78, 5) is 29.8. The van der Waals surface area contributed by atoms with E-state index in [1.165, 1.54) is 44.5 Å². The van der Waals surface area contributed by atoms with Crippen molar-refractivity contribution in [3.05, 3.63) is 409 Å². The molecule has 0 radical (unpaired) electrons. The summed E-state index contributed by atoms with van der Waals surface area (Å²) in [6.45, 7) is 21.3. The summed E-state index contributed by atoms with van der Waals surface area (Å²) in [5.74, 6) is 12.7.